The second-order valence-electron chi connectivity index (χ2n) is 3.23. The van der Waals surface area contributed by atoms with E-state index in [0.717, 1.165) is 11.1 Å². The van der Waals surface area contributed by atoms with Gasteiger partial charge in [-0.15, -0.1) is 0 Å². The fraction of sp³-hybridized carbons (Fsp3) is 0.455. The van der Waals surface area contributed by atoms with Crippen LogP contribution in [0.5, 0.6) is 0 Å². The summed E-state index contributed by atoms with van der Waals surface area (Å²) < 4.78 is 0. The second kappa shape index (κ2) is 4.40. The molecule has 1 radical (unpaired) electrons. The Balaban J connectivity index is 2.93. The summed E-state index contributed by atoms with van der Waals surface area (Å²) in [6, 6.07) is 5.85. The summed E-state index contributed by atoms with van der Waals surface area (Å²) in [6.45, 7) is 6.67. The van der Waals surface area contributed by atoms with E-state index in [9.17, 15) is 5.11 Å². The third kappa shape index (κ3) is 2.29. The van der Waals surface area contributed by atoms with Gasteiger partial charge in [0.1, 0.15) is 0 Å². The summed E-state index contributed by atoms with van der Waals surface area (Å²) >= 11 is 0. The monoisotopic (exact) mass is 178 g/mol. The largest absolute Gasteiger partial charge is 0.286 e. The first kappa shape index (κ1) is 10.2. The molecule has 1 unspecified atom stereocenters. The Morgan fingerprint density at radius 1 is 1.38 bits per heavy atom. The summed E-state index contributed by atoms with van der Waals surface area (Å²) in [5, 5.41) is 14.5. The van der Waals surface area contributed by atoms with Gasteiger partial charge < -0.3 is 0 Å². The number of benzene rings is 1. The lowest BCUT2D eigenvalue weighted by atomic mass is 10.0. The molecule has 1 aromatic carbocycles. The molecule has 1 atom stereocenters. The van der Waals surface area contributed by atoms with Crippen LogP contribution in [0.2, 0.25) is 0 Å². The van der Waals surface area contributed by atoms with E-state index >= 15 is 0 Å². The van der Waals surface area contributed by atoms with Gasteiger partial charge in [0.25, 0.3) is 0 Å². The van der Waals surface area contributed by atoms with E-state index in [4.69, 9.17) is 0 Å². The molecule has 0 aliphatic carbocycles. The Hall–Kier alpha value is -0.860. The van der Waals surface area contributed by atoms with Gasteiger partial charge in [-0.2, -0.15) is 0 Å². The highest BCUT2D eigenvalue weighted by molar-refractivity contribution is 5.34. The van der Waals surface area contributed by atoms with Crippen molar-refractivity contribution in [2.45, 2.75) is 27.0 Å². The minimum atomic E-state index is -0.787. The van der Waals surface area contributed by atoms with Crippen LogP contribution < -0.4 is 5.32 Å². The van der Waals surface area contributed by atoms with Crippen molar-refractivity contribution in [3.8, 4) is 0 Å². The van der Waals surface area contributed by atoms with Gasteiger partial charge in [-0.1, -0.05) is 25.1 Å². The van der Waals surface area contributed by atoms with Crippen LogP contribution in [-0.2, 0) is 5.11 Å². The van der Waals surface area contributed by atoms with E-state index in [1.165, 1.54) is 5.56 Å². The highest BCUT2D eigenvalue weighted by Crippen LogP contribution is 2.18. The second-order valence-corrected chi connectivity index (χ2v) is 3.23. The standard InChI is InChI=1S/C11H16NO/c1-4-12-11(13)10-7-5-6-8(2)9(10)3/h5-7,11-12H,4H2,1-3H3. The van der Waals surface area contributed by atoms with Crippen molar-refractivity contribution in [1.82, 2.24) is 5.32 Å². The molecule has 2 nitrogen and oxygen atoms in total. The van der Waals surface area contributed by atoms with Crippen LogP contribution in [0, 0.1) is 13.8 Å². The Morgan fingerprint density at radius 2 is 2.08 bits per heavy atom. The lowest BCUT2D eigenvalue weighted by Crippen LogP contribution is -2.20. The molecule has 0 aromatic heterocycles. The van der Waals surface area contributed by atoms with Crippen molar-refractivity contribution >= 4 is 0 Å². The average Bonchev–Trinajstić information content (AvgIpc) is 2.10. The quantitative estimate of drug-likeness (QED) is 0.708. The molecule has 0 saturated carbocycles. The lowest BCUT2D eigenvalue weighted by molar-refractivity contribution is 0.0594. The molecule has 0 amide bonds. The normalized spacial score (nSPS) is 12.9. The Labute approximate surface area is 79.6 Å². The molecule has 13 heavy (non-hydrogen) atoms. The van der Waals surface area contributed by atoms with E-state index in [2.05, 4.69) is 5.32 Å². The Bertz CT molecular complexity index is 283. The van der Waals surface area contributed by atoms with Crippen LogP contribution in [0.15, 0.2) is 18.2 Å². The van der Waals surface area contributed by atoms with Crippen LogP contribution in [0.1, 0.15) is 29.8 Å². The van der Waals surface area contributed by atoms with Crippen LogP contribution in [0.25, 0.3) is 0 Å². The molecule has 1 rings (SSSR count). The SMILES string of the molecule is CCNC([O])c1cccc(C)c1C. The molecule has 0 spiro atoms. The van der Waals surface area contributed by atoms with Crippen molar-refractivity contribution in [3.05, 3.63) is 34.9 Å². The molecule has 0 saturated heterocycles. The van der Waals surface area contributed by atoms with Gasteiger partial charge in [0.05, 0.1) is 0 Å². The first-order chi connectivity index (χ1) is 6.16. The van der Waals surface area contributed by atoms with Crippen molar-refractivity contribution in [2.24, 2.45) is 0 Å². The Morgan fingerprint density at radius 3 is 2.69 bits per heavy atom. The zero-order valence-electron chi connectivity index (χ0n) is 8.42. The van der Waals surface area contributed by atoms with E-state index in [0.29, 0.717) is 6.54 Å². The minimum Gasteiger partial charge on any atom is -0.286 e. The summed E-state index contributed by atoms with van der Waals surface area (Å²) in [6.07, 6.45) is -0.787. The highest BCUT2D eigenvalue weighted by atomic mass is 16.3. The number of hydrogen-bond donors (Lipinski definition) is 1. The Kier molecular flexibility index (Phi) is 3.46. The summed E-state index contributed by atoms with van der Waals surface area (Å²) in [4.78, 5) is 0. The predicted octanol–water partition coefficient (Wildman–Crippen LogP) is 2.34. The van der Waals surface area contributed by atoms with Gasteiger partial charge in [-0.3, -0.25) is 5.32 Å². The van der Waals surface area contributed by atoms with Gasteiger partial charge in [-0.25, -0.2) is 5.11 Å². The van der Waals surface area contributed by atoms with Gasteiger partial charge in [0, 0.05) is 5.56 Å². The maximum absolute atomic E-state index is 11.6. The third-order valence-corrected chi connectivity index (χ3v) is 2.32. The van der Waals surface area contributed by atoms with Crippen molar-refractivity contribution in [3.63, 3.8) is 0 Å². The predicted molar refractivity (Wildman–Crippen MR) is 53.0 cm³/mol. The maximum Gasteiger partial charge on any atom is 0.169 e. The molecule has 1 aromatic rings. The van der Waals surface area contributed by atoms with Gasteiger partial charge >= 0.3 is 0 Å². The molecule has 71 valence electrons. The first-order valence-electron chi connectivity index (χ1n) is 4.62. The van der Waals surface area contributed by atoms with Gasteiger partial charge in [0.15, 0.2) is 6.23 Å². The van der Waals surface area contributed by atoms with E-state index < -0.39 is 6.23 Å². The number of hydrogen-bond acceptors (Lipinski definition) is 1. The van der Waals surface area contributed by atoms with Gasteiger partial charge in [-0.05, 0) is 31.5 Å². The molecule has 0 aliphatic heterocycles. The van der Waals surface area contributed by atoms with Crippen molar-refractivity contribution in [2.75, 3.05) is 6.54 Å². The maximum atomic E-state index is 11.6. The van der Waals surface area contributed by atoms with Crippen LogP contribution in [0.3, 0.4) is 0 Å². The van der Waals surface area contributed by atoms with Crippen LogP contribution >= 0.6 is 0 Å². The zero-order chi connectivity index (χ0) is 9.84. The molecule has 0 heterocycles. The number of aryl methyl sites for hydroxylation is 1. The first-order valence-corrected chi connectivity index (χ1v) is 4.62. The van der Waals surface area contributed by atoms with Crippen LogP contribution in [0.4, 0.5) is 0 Å². The fourth-order valence-electron chi connectivity index (χ4n) is 1.35. The van der Waals surface area contributed by atoms with E-state index in [-0.39, 0.29) is 0 Å². The van der Waals surface area contributed by atoms with E-state index in [1.54, 1.807) is 0 Å². The zero-order valence-corrected chi connectivity index (χ0v) is 8.42. The van der Waals surface area contributed by atoms with E-state index in [1.807, 2.05) is 39.0 Å². The third-order valence-electron chi connectivity index (χ3n) is 2.32. The average molecular weight is 178 g/mol. The molecule has 0 fully saturated rings. The summed E-state index contributed by atoms with van der Waals surface area (Å²) in [7, 11) is 0. The molecular formula is C11H16NO. The van der Waals surface area contributed by atoms with Crippen LogP contribution in [-0.4, -0.2) is 6.54 Å². The lowest BCUT2D eigenvalue weighted by Gasteiger charge is -2.13. The molecule has 1 N–H and O–H groups in total. The molecule has 0 bridgehead atoms. The minimum absolute atomic E-state index is 0.710. The van der Waals surface area contributed by atoms with Gasteiger partial charge in [0.2, 0.25) is 0 Å². The number of nitrogens with one attached hydrogen (secondary N) is 1. The topological polar surface area (TPSA) is 31.9 Å². The summed E-state index contributed by atoms with van der Waals surface area (Å²) in [5.74, 6) is 0. The summed E-state index contributed by atoms with van der Waals surface area (Å²) in [5.41, 5.74) is 3.14. The fourth-order valence-corrected chi connectivity index (χ4v) is 1.35. The molecule has 2 heteroatoms. The molecule has 0 aliphatic rings. The molecular weight excluding hydrogens is 162 g/mol. The van der Waals surface area contributed by atoms with Crippen molar-refractivity contribution < 1.29 is 5.11 Å². The smallest absolute Gasteiger partial charge is 0.169 e. The van der Waals surface area contributed by atoms with Crippen molar-refractivity contribution in [1.29, 1.82) is 0 Å². The highest BCUT2D eigenvalue weighted by Gasteiger charge is 2.10. The number of rotatable bonds is 3.